The smallest absolute Gasteiger partial charge is 0.253 e. The first kappa shape index (κ1) is 19.3. The average Bonchev–Trinajstić information content (AvgIpc) is 2.66. The Kier molecular flexibility index (Phi) is 7.76. The summed E-state index contributed by atoms with van der Waals surface area (Å²) in [6.45, 7) is 7.81. The highest BCUT2D eigenvalue weighted by atomic mass is 16.2. The summed E-state index contributed by atoms with van der Waals surface area (Å²) in [5.41, 5.74) is 1.58. The van der Waals surface area contributed by atoms with Gasteiger partial charge >= 0.3 is 0 Å². The number of nitrogens with zero attached hydrogens (tertiary/aromatic N) is 2. The maximum Gasteiger partial charge on any atom is 0.253 e. The van der Waals surface area contributed by atoms with Crippen LogP contribution in [-0.2, 0) is 4.79 Å². The summed E-state index contributed by atoms with van der Waals surface area (Å²) < 4.78 is 0. The Morgan fingerprint density at radius 2 is 1.60 bits per heavy atom. The van der Waals surface area contributed by atoms with Gasteiger partial charge in [-0.3, -0.25) is 9.59 Å². The summed E-state index contributed by atoms with van der Waals surface area (Å²) in [6.07, 6.45) is 5.36. The Balaban J connectivity index is 1.88. The standard InChI is InChI=1S/C20H31N3O2/c1-3-12-23(13-4-2)20(25)17-8-10-18(11-9-17)21-16-19(24)22-14-6-5-7-15-22/h8-11,21H,3-7,12-16H2,1-2H3. The van der Waals surface area contributed by atoms with Gasteiger partial charge in [-0.25, -0.2) is 0 Å². The second-order valence-electron chi connectivity index (χ2n) is 6.66. The van der Waals surface area contributed by atoms with Gasteiger partial charge in [0.1, 0.15) is 0 Å². The van der Waals surface area contributed by atoms with Crippen molar-refractivity contribution in [1.82, 2.24) is 9.80 Å². The number of amides is 2. The molecule has 5 heteroatoms. The molecule has 2 rings (SSSR count). The van der Waals surface area contributed by atoms with E-state index >= 15 is 0 Å². The normalized spacial score (nSPS) is 14.2. The summed E-state index contributed by atoms with van der Waals surface area (Å²) in [5.74, 6) is 0.233. The fraction of sp³-hybridized carbons (Fsp3) is 0.600. The van der Waals surface area contributed by atoms with Crippen molar-refractivity contribution in [1.29, 1.82) is 0 Å². The quantitative estimate of drug-likeness (QED) is 0.786. The molecule has 25 heavy (non-hydrogen) atoms. The van der Waals surface area contributed by atoms with Gasteiger partial charge in [0, 0.05) is 37.4 Å². The molecule has 0 unspecified atom stereocenters. The number of rotatable bonds is 8. The maximum atomic E-state index is 12.6. The molecule has 1 aromatic carbocycles. The van der Waals surface area contributed by atoms with Gasteiger partial charge < -0.3 is 15.1 Å². The van der Waals surface area contributed by atoms with Gasteiger partial charge in [-0.2, -0.15) is 0 Å². The number of benzene rings is 1. The molecular formula is C20H31N3O2. The summed E-state index contributed by atoms with van der Waals surface area (Å²) in [7, 11) is 0. The molecule has 5 nitrogen and oxygen atoms in total. The lowest BCUT2D eigenvalue weighted by Gasteiger charge is -2.27. The number of hydrogen-bond acceptors (Lipinski definition) is 3. The Hall–Kier alpha value is -2.04. The summed E-state index contributed by atoms with van der Waals surface area (Å²) in [4.78, 5) is 28.6. The SMILES string of the molecule is CCCN(CCC)C(=O)c1ccc(NCC(=O)N2CCCCC2)cc1. The highest BCUT2D eigenvalue weighted by Crippen LogP contribution is 2.13. The van der Waals surface area contributed by atoms with Crippen molar-refractivity contribution in [2.45, 2.75) is 46.0 Å². The zero-order chi connectivity index (χ0) is 18.1. The van der Waals surface area contributed by atoms with E-state index in [-0.39, 0.29) is 11.8 Å². The molecule has 1 aliphatic heterocycles. The Labute approximate surface area is 151 Å². The Bertz CT molecular complexity index is 545. The minimum absolute atomic E-state index is 0.0830. The number of carbonyl (C=O) groups excluding carboxylic acids is 2. The van der Waals surface area contributed by atoms with E-state index in [0.717, 1.165) is 57.5 Å². The van der Waals surface area contributed by atoms with E-state index < -0.39 is 0 Å². The predicted octanol–water partition coefficient (Wildman–Crippen LogP) is 3.37. The van der Waals surface area contributed by atoms with Crippen LogP contribution in [0.4, 0.5) is 5.69 Å². The van der Waals surface area contributed by atoms with E-state index in [1.54, 1.807) is 0 Å². The fourth-order valence-electron chi connectivity index (χ4n) is 3.20. The molecule has 2 amide bonds. The molecule has 1 heterocycles. The molecular weight excluding hydrogens is 314 g/mol. The van der Waals surface area contributed by atoms with Gasteiger partial charge in [0.15, 0.2) is 0 Å². The molecule has 1 aliphatic rings. The van der Waals surface area contributed by atoms with Crippen LogP contribution in [0.15, 0.2) is 24.3 Å². The molecule has 1 saturated heterocycles. The van der Waals surface area contributed by atoms with Crippen LogP contribution in [0.25, 0.3) is 0 Å². The van der Waals surface area contributed by atoms with Crippen LogP contribution in [0.1, 0.15) is 56.3 Å². The Morgan fingerprint density at radius 3 is 2.16 bits per heavy atom. The van der Waals surface area contributed by atoms with Gasteiger partial charge in [-0.05, 0) is 56.4 Å². The lowest BCUT2D eigenvalue weighted by Crippen LogP contribution is -2.39. The lowest BCUT2D eigenvalue weighted by molar-refractivity contribution is -0.130. The third-order valence-electron chi connectivity index (χ3n) is 4.56. The minimum Gasteiger partial charge on any atom is -0.376 e. The minimum atomic E-state index is 0.0830. The van der Waals surface area contributed by atoms with E-state index in [1.165, 1.54) is 6.42 Å². The van der Waals surface area contributed by atoms with E-state index in [2.05, 4.69) is 19.2 Å². The summed E-state index contributed by atoms with van der Waals surface area (Å²) in [5, 5.41) is 3.17. The van der Waals surface area contributed by atoms with E-state index in [4.69, 9.17) is 0 Å². The van der Waals surface area contributed by atoms with Crippen LogP contribution in [0.5, 0.6) is 0 Å². The molecule has 0 aliphatic carbocycles. The van der Waals surface area contributed by atoms with Crippen molar-refractivity contribution in [2.75, 3.05) is 38.0 Å². The number of carbonyl (C=O) groups is 2. The van der Waals surface area contributed by atoms with Crippen molar-refractivity contribution in [3.63, 3.8) is 0 Å². The first-order chi connectivity index (χ1) is 12.2. The summed E-state index contributed by atoms with van der Waals surface area (Å²) in [6, 6.07) is 7.45. The molecule has 0 radical (unpaired) electrons. The van der Waals surface area contributed by atoms with Crippen LogP contribution >= 0.6 is 0 Å². The summed E-state index contributed by atoms with van der Waals surface area (Å²) >= 11 is 0. The third-order valence-corrected chi connectivity index (χ3v) is 4.56. The van der Waals surface area contributed by atoms with E-state index in [9.17, 15) is 9.59 Å². The molecule has 1 aromatic rings. The Morgan fingerprint density at radius 1 is 1.00 bits per heavy atom. The molecule has 1 N–H and O–H groups in total. The highest BCUT2D eigenvalue weighted by Gasteiger charge is 2.16. The highest BCUT2D eigenvalue weighted by molar-refractivity contribution is 5.94. The van der Waals surface area contributed by atoms with Crippen LogP contribution in [0.3, 0.4) is 0 Å². The second kappa shape index (κ2) is 10.1. The molecule has 0 atom stereocenters. The number of likely N-dealkylation sites (tertiary alicyclic amines) is 1. The zero-order valence-corrected chi connectivity index (χ0v) is 15.6. The van der Waals surface area contributed by atoms with Crippen molar-refractivity contribution in [3.05, 3.63) is 29.8 Å². The van der Waals surface area contributed by atoms with Crippen molar-refractivity contribution < 1.29 is 9.59 Å². The van der Waals surface area contributed by atoms with Crippen molar-refractivity contribution >= 4 is 17.5 Å². The number of anilines is 1. The van der Waals surface area contributed by atoms with Gasteiger partial charge in [0.2, 0.25) is 5.91 Å². The largest absolute Gasteiger partial charge is 0.376 e. The zero-order valence-electron chi connectivity index (χ0n) is 15.6. The average molecular weight is 345 g/mol. The van der Waals surface area contributed by atoms with Crippen LogP contribution in [-0.4, -0.2) is 54.3 Å². The second-order valence-corrected chi connectivity index (χ2v) is 6.66. The maximum absolute atomic E-state index is 12.6. The molecule has 0 spiro atoms. The lowest BCUT2D eigenvalue weighted by atomic mass is 10.1. The fourth-order valence-corrected chi connectivity index (χ4v) is 3.20. The van der Waals surface area contributed by atoms with Gasteiger partial charge in [0.05, 0.1) is 6.54 Å². The van der Waals surface area contributed by atoms with Crippen molar-refractivity contribution in [3.8, 4) is 0 Å². The van der Waals surface area contributed by atoms with Crippen LogP contribution in [0.2, 0.25) is 0 Å². The molecule has 0 aromatic heterocycles. The number of hydrogen-bond donors (Lipinski definition) is 1. The van der Waals surface area contributed by atoms with Crippen LogP contribution < -0.4 is 5.32 Å². The van der Waals surface area contributed by atoms with Gasteiger partial charge in [-0.15, -0.1) is 0 Å². The predicted molar refractivity (Wildman–Crippen MR) is 102 cm³/mol. The van der Waals surface area contributed by atoms with Gasteiger partial charge in [0.25, 0.3) is 5.91 Å². The first-order valence-corrected chi connectivity index (χ1v) is 9.56. The third kappa shape index (κ3) is 5.76. The van der Waals surface area contributed by atoms with E-state index in [0.29, 0.717) is 12.1 Å². The van der Waals surface area contributed by atoms with Crippen molar-refractivity contribution in [2.24, 2.45) is 0 Å². The van der Waals surface area contributed by atoms with E-state index in [1.807, 2.05) is 34.1 Å². The molecule has 1 fully saturated rings. The molecule has 0 saturated carbocycles. The molecule has 138 valence electrons. The van der Waals surface area contributed by atoms with Crippen LogP contribution in [0, 0.1) is 0 Å². The first-order valence-electron chi connectivity index (χ1n) is 9.56. The van der Waals surface area contributed by atoms with Gasteiger partial charge in [-0.1, -0.05) is 13.8 Å². The monoisotopic (exact) mass is 345 g/mol. The number of piperidine rings is 1. The number of nitrogens with one attached hydrogen (secondary N) is 1. The topological polar surface area (TPSA) is 52.7 Å². The molecule has 0 bridgehead atoms.